The van der Waals surface area contributed by atoms with Gasteiger partial charge in [0, 0.05) is 42.7 Å². The molecule has 166 valence electrons. The largest absolute Gasteiger partial charge is 0.494 e. The van der Waals surface area contributed by atoms with Gasteiger partial charge in [0.15, 0.2) is 0 Å². The number of rotatable bonds is 7. The molecular formula is C24H30ClN3O3. The molecule has 1 saturated heterocycles. The predicted octanol–water partition coefficient (Wildman–Crippen LogP) is 4.69. The summed E-state index contributed by atoms with van der Waals surface area (Å²) in [4.78, 5) is 29.3. The summed E-state index contributed by atoms with van der Waals surface area (Å²) in [5.41, 5.74) is 2.07. The minimum absolute atomic E-state index is 0.00556. The van der Waals surface area contributed by atoms with Crippen molar-refractivity contribution in [3.63, 3.8) is 0 Å². The van der Waals surface area contributed by atoms with E-state index in [9.17, 15) is 9.59 Å². The highest BCUT2D eigenvalue weighted by molar-refractivity contribution is 6.31. The highest BCUT2D eigenvalue weighted by Crippen LogP contribution is 2.31. The van der Waals surface area contributed by atoms with E-state index in [0.29, 0.717) is 54.8 Å². The third-order valence-electron chi connectivity index (χ3n) is 5.20. The molecule has 1 aliphatic rings. The van der Waals surface area contributed by atoms with Crippen molar-refractivity contribution in [3.05, 3.63) is 53.1 Å². The third kappa shape index (κ3) is 5.91. The van der Waals surface area contributed by atoms with E-state index in [0.717, 1.165) is 12.1 Å². The Kier molecular flexibility index (Phi) is 7.80. The van der Waals surface area contributed by atoms with Gasteiger partial charge in [-0.1, -0.05) is 38.4 Å². The second-order valence-corrected chi connectivity index (χ2v) is 8.40. The quantitative estimate of drug-likeness (QED) is 0.674. The molecule has 31 heavy (non-hydrogen) atoms. The van der Waals surface area contributed by atoms with Gasteiger partial charge in [0.25, 0.3) is 5.91 Å². The summed E-state index contributed by atoms with van der Waals surface area (Å²) in [5.74, 6) is 0.620. The molecular weight excluding hydrogens is 414 g/mol. The number of hydrogen-bond acceptors (Lipinski definition) is 4. The standard InChI is InChI=1S/C24H30ClN3O3/c1-4-14-31-20-7-5-6-18(15-20)23(29)26-21-16-19(25)8-9-22(21)27-10-12-28(13-11-27)24(30)17(2)3/h5-9,15-17H,4,10-14H2,1-3H3,(H,26,29). The van der Waals surface area contributed by atoms with E-state index in [1.54, 1.807) is 18.2 Å². The molecule has 2 aromatic carbocycles. The normalized spacial score (nSPS) is 14.0. The number of nitrogens with one attached hydrogen (secondary N) is 1. The molecule has 7 heteroatoms. The van der Waals surface area contributed by atoms with Crippen molar-refractivity contribution >= 4 is 34.8 Å². The van der Waals surface area contributed by atoms with Crippen LogP contribution in [0.1, 0.15) is 37.6 Å². The SMILES string of the molecule is CCCOc1cccc(C(=O)Nc2cc(Cl)ccc2N2CCN(C(=O)C(C)C)CC2)c1. The van der Waals surface area contributed by atoms with Crippen LogP contribution in [0.25, 0.3) is 0 Å². The van der Waals surface area contributed by atoms with Crippen LogP contribution < -0.4 is 15.0 Å². The van der Waals surface area contributed by atoms with Crippen molar-refractivity contribution in [1.82, 2.24) is 4.90 Å². The van der Waals surface area contributed by atoms with Crippen LogP contribution in [0.4, 0.5) is 11.4 Å². The van der Waals surface area contributed by atoms with Gasteiger partial charge in [-0.15, -0.1) is 0 Å². The van der Waals surface area contributed by atoms with Gasteiger partial charge < -0.3 is 19.9 Å². The fraction of sp³-hybridized carbons (Fsp3) is 0.417. The van der Waals surface area contributed by atoms with E-state index >= 15 is 0 Å². The minimum atomic E-state index is -0.223. The number of nitrogens with zero attached hydrogens (tertiary/aromatic N) is 2. The molecule has 6 nitrogen and oxygen atoms in total. The highest BCUT2D eigenvalue weighted by atomic mass is 35.5. The third-order valence-corrected chi connectivity index (χ3v) is 5.44. The summed E-state index contributed by atoms with van der Waals surface area (Å²) < 4.78 is 5.64. The molecule has 0 spiro atoms. The van der Waals surface area contributed by atoms with Crippen LogP contribution >= 0.6 is 11.6 Å². The summed E-state index contributed by atoms with van der Waals surface area (Å²) in [5, 5.41) is 3.55. The summed E-state index contributed by atoms with van der Waals surface area (Å²) in [6.45, 7) is 9.19. The Labute approximate surface area is 189 Å². The van der Waals surface area contributed by atoms with Gasteiger partial charge in [0.2, 0.25) is 5.91 Å². The van der Waals surface area contributed by atoms with Gasteiger partial charge in [-0.2, -0.15) is 0 Å². The number of anilines is 2. The monoisotopic (exact) mass is 443 g/mol. The van der Waals surface area contributed by atoms with Crippen molar-refractivity contribution < 1.29 is 14.3 Å². The molecule has 0 unspecified atom stereocenters. The van der Waals surface area contributed by atoms with Gasteiger partial charge in [-0.05, 0) is 42.8 Å². The van der Waals surface area contributed by atoms with Gasteiger partial charge in [-0.25, -0.2) is 0 Å². The number of benzene rings is 2. The Bertz CT molecular complexity index is 924. The second kappa shape index (κ2) is 10.5. The number of piperazine rings is 1. The first-order chi connectivity index (χ1) is 14.9. The first-order valence-electron chi connectivity index (χ1n) is 10.8. The summed E-state index contributed by atoms with van der Waals surface area (Å²) >= 11 is 6.22. The smallest absolute Gasteiger partial charge is 0.255 e. The van der Waals surface area contributed by atoms with Gasteiger partial charge >= 0.3 is 0 Å². The first kappa shape index (κ1) is 22.9. The molecule has 0 saturated carbocycles. The van der Waals surface area contributed by atoms with Crippen LogP contribution in [-0.2, 0) is 4.79 Å². The summed E-state index contributed by atoms with van der Waals surface area (Å²) in [6, 6.07) is 12.6. The van der Waals surface area contributed by atoms with E-state index in [1.165, 1.54) is 0 Å². The number of carbonyl (C=O) groups excluding carboxylic acids is 2. The Morgan fingerprint density at radius 3 is 2.52 bits per heavy atom. The average Bonchev–Trinajstić information content (AvgIpc) is 2.77. The number of halogens is 1. The molecule has 1 heterocycles. The molecule has 1 fully saturated rings. The lowest BCUT2D eigenvalue weighted by atomic mass is 10.1. The number of hydrogen-bond donors (Lipinski definition) is 1. The number of amides is 2. The summed E-state index contributed by atoms with van der Waals surface area (Å²) in [7, 11) is 0. The average molecular weight is 444 g/mol. The van der Waals surface area contributed by atoms with Crippen molar-refractivity contribution in [2.75, 3.05) is 43.0 Å². The number of ether oxygens (including phenoxy) is 1. The van der Waals surface area contributed by atoms with Crippen LogP contribution in [0.15, 0.2) is 42.5 Å². The molecule has 0 aromatic heterocycles. The van der Waals surface area contributed by atoms with Crippen LogP contribution in [0.5, 0.6) is 5.75 Å². The van der Waals surface area contributed by atoms with Crippen LogP contribution in [0.2, 0.25) is 5.02 Å². The van der Waals surface area contributed by atoms with Crippen molar-refractivity contribution in [2.45, 2.75) is 27.2 Å². The maximum absolute atomic E-state index is 12.9. The van der Waals surface area contributed by atoms with Crippen LogP contribution in [0.3, 0.4) is 0 Å². The molecule has 3 rings (SSSR count). The van der Waals surface area contributed by atoms with E-state index in [4.69, 9.17) is 16.3 Å². The van der Waals surface area contributed by atoms with Gasteiger partial charge in [0.1, 0.15) is 5.75 Å². The van der Waals surface area contributed by atoms with Crippen molar-refractivity contribution in [2.24, 2.45) is 5.92 Å². The Hall–Kier alpha value is -2.73. The van der Waals surface area contributed by atoms with E-state index in [1.807, 2.05) is 49.9 Å². The highest BCUT2D eigenvalue weighted by Gasteiger charge is 2.24. The maximum atomic E-state index is 12.9. The van der Waals surface area contributed by atoms with Crippen molar-refractivity contribution in [3.8, 4) is 5.75 Å². The van der Waals surface area contributed by atoms with Gasteiger partial charge in [-0.3, -0.25) is 9.59 Å². The Morgan fingerprint density at radius 1 is 1.10 bits per heavy atom. The van der Waals surface area contributed by atoms with Crippen molar-refractivity contribution in [1.29, 1.82) is 0 Å². The Balaban J connectivity index is 1.74. The molecule has 0 bridgehead atoms. The van der Waals surface area contributed by atoms with E-state index in [-0.39, 0.29) is 17.7 Å². The van der Waals surface area contributed by atoms with Crippen LogP contribution in [0, 0.1) is 5.92 Å². The molecule has 0 aliphatic carbocycles. The number of carbonyl (C=O) groups is 2. The zero-order valence-corrected chi connectivity index (χ0v) is 19.1. The maximum Gasteiger partial charge on any atom is 0.255 e. The molecule has 2 aromatic rings. The zero-order chi connectivity index (χ0) is 22.4. The van der Waals surface area contributed by atoms with E-state index in [2.05, 4.69) is 10.2 Å². The zero-order valence-electron chi connectivity index (χ0n) is 18.4. The molecule has 0 atom stereocenters. The van der Waals surface area contributed by atoms with Crippen LogP contribution in [-0.4, -0.2) is 49.5 Å². The topological polar surface area (TPSA) is 61.9 Å². The molecule has 1 N–H and O–H groups in total. The molecule has 1 aliphatic heterocycles. The Morgan fingerprint density at radius 2 is 1.84 bits per heavy atom. The molecule has 0 radical (unpaired) electrons. The van der Waals surface area contributed by atoms with Gasteiger partial charge in [0.05, 0.1) is 18.0 Å². The molecule has 2 amide bonds. The second-order valence-electron chi connectivity index (χ2n) is 7.96. The fourth-order valence-electron chi connectivity index (χ4n) is 3.56. The minimum Gasteiger partial charge on any atom is -0.494 e. The lowest BCUT2D eigenvalue weighted by Gasteiger charge is -2.37. The lowest BCUT2D eigenvalue weighted by molar-refractivity contribution is -0.134. The fourth-order valence-corrected chi connectivity index (χ4v) is 3.73. The lowest BCUT2D eigenvalue weighted by Crippen LogP contribution is -2.50. The summed E-state index contributed by atoms with van der Waals surface area (Å²) in [6.07, 6.45) is 0.901. The predicted molar refractivity (Wildman–Crippen MR) is 125 cm³/mol. The van der Waals surface area contributed by atoms with E-state index < -0.39 is 0 Å². The first-order valence-corrected chi connectivity index (χ1v) is 11.1.